The SMILES string of the molecule is O=C(CN1C(=O)S/C(=C\c2cc(Cl)cc(Cl)c2O)C1=O)Nc1ccc(F)cc1. The number of phenolic OH excluding ortho intramolecular Hbond substituents is 1. The van der Waals surface area contributed by atoms with Crippen LogP contribution in [0.1, 0.15) is 5.56 Å². The Labute approximate surface area is 172 Å². The quantitative estimate of drug-likeness (QED) is 0.682. The fourth-order valence-electron chi connectivity index (χ4n) is 2.35. The van der Waals surface area contributed by atoms with Crippen molar-refractivity contribution in [3.8, 4) is 5.75 Å². The van der Waals surface area contributed by atoms with Gasteiger partial charge in [0.2, 0.25) is 5.91 Å². The van der Waals surface area contributed by atoms with Gasteiger partial charge in [-0.2, -0.15) is 0 Å². The minimum atomic E-state index is -0.695. The van der Waals surface area contributed by atoms with Crippen molar-refractivity contribution in [1.82, 2.24) is 4.90 Å². The predicted octanol–water partition coefficient (Wildman–Crippen LogP) is 4.51. The lowest BCUT2D eigenvalue weighted by Crippen LogP contribution is -2.36. The summed E-state index contributed by atoms with van der Waals surface area (Å²) in [5.74, 6) is -2.06. The van der Waals surface area contributed by atoms with E-state index >= 15 is 0 Å². The molecule has 0 aliphatic carbocycles. The molecular weight excluding hydrogens is 430 g/mol. The summed E-state index contributed by atoms with van der Waals surface area (Å²) in [7, 11) is 0. The zero-order valence-corrected chi connectivity index (χ0v) is 16.2. The number of anilines is 1. The van der Waals surface area contributed by atoms with Gasteiger partial charge in [-0.25, -0.2) is 4.39 Å². The maximum Gasteiger partial charge on any atom is 0.294 e. The highest BCUT2D eigenvalue weighted by molar-refractivity contribution is 8.18. The molecule has 3 amide bonds. The van der Waals surface area contributed by atoms with Crippen molar-refractivity contribution in [2.24, 2.45) is 0 Å². The van der Waals surface area contributed by atoms with Gasteiger partial charge in [-0.05, 0) is 54.2 Å². The first-order valence-electron chi connectivity index (χ1n) is 7.73. The van der Waals surface area contributed by atoms with Crippen LogP contribution in [0.4, 0.5) is 14.9 Å². The number of hydrogen-bond acceptors (Lipinski definition) is 5. The number of rotatable bonds is 4. The lowest BCUT2D eigenvalue weighted by Gasteiger charge is -2.12. The Hall–Kier alpha value is -2.55. The number of thioether (sulfide) groups is 1. The Morgan fingerprint density at radius 1 is 1.21 bits per heavy atom. The number of halogens is 3. The first kappa shape index (κ1) is 20.2. The molecule has 1 aliphatic heterocycles. The van der Waals surface area contributed by atoms with Gasteiger partial charge in [0.05, 0.1) is 9.93 Å². The van der Waals surface area contributed by atoms with Crippen molar-refractivity contribution >= 4 is 63.8 Å². The summed E-state index contributed by atoms with van der Waals surface area (Å²) in [4.78, 5) is 37.5. The van der Waals surface area contributed by atoms with Crippen LogP contribution in [0, 0.1) is 5.82 Å². The highest BCUT2D eigenvalue weighted by Crippen LogP contribution is 2.37. The van der Waals surface area contributed by atoms with Crippen LogP contribution in [0.25, 0.3) is 6.08 Å². The highest BCUT2D eigenvalue weighted by Gasteiger charge is 2.36. The fraction of sp³-hybridized carbons (Fsp3) is 0.0556. The summed E-state index contributed by atoms with van der Waals surface area (Å²) >= 11 is 12.4. The van der Waals surface area contributed by atoms with E-state index < -0.39 is 29.4 Å². The summed E-state index contributed by atoms with van der Waals surface area (Å²) in [6, 6.07) is 7.76. The first-order chi connectivity index (χ1) is 13.2. The molecular formula is C18H11Cl2FN2O4S. The average Bonchev–Trinajstić information content (AvgIpc) is 2.88. The molecule has 0 radical (unpaired) electrons. The number of phenols is 1. The van der Waals surface area contributed by atoms with Gasteiger partial charge < -0.3 is 10.4 Å². The van der Waals surface area contributed by atoms with E-state index in [-0.39, 0.29) is 26.3 Å². The molecule has 2 aromatic carbocycles. The molecule has 0 bridgehead atoms. The maximum atomic E-state index is 12.9. The van der Waals surface area contributed by atoms with Gasteiger partial charge in [0.1, 0.15) is 18.1 Å². The molecule has 10 heteroatoms. The molecule has 2 aromatic rings. The van der Waals surface area contributed by atoms with Gasteiger partial charge in [0, 0.05) is 16.3 Å². The van der Waals surface area contributed by atoms with E-state index in [9.17, 15) is 23.9 Å². The second-order valence-corrected chi connectivity index (χ2v) is 7.49. The molecule has 0 spiro atoms. The fourth-order valence-corrected chi connectivity index (χ4v) is 3.69. The Morgan fingerprint density at radius 2 is 1.89 bits per heavy atom. The summed E-state index contributed by atoms with van der Waals surface area (Å²) in [5, 5.41) is 12.1. The van der Waals surface area contributed by atoms with E-state index in [1.54, 1.807) is 0 Å². The molecule has 0 unspecified atom stereocenters. The van der Waals surface area contributed by atoms with Crippen LogP contribution in [-0.4, -0.2) is 33.6 Å². The molecule has 0 atom stereocenters. The molecule has 144 valence electrons. The van der Waals surface area contributed by atoms with E-state index in [4.69, 9.17) is 23.2 Å². The number of benzene rings is 2. The van der Waals surface area contributed by atoms with Crippen LogP contribution < -0.4 is 5.32 Å². The maximum absolute atomic E-state index is 12.9. The van der Waals surface area contributed by atoms with Gasteiger partial charge >= 0.3 is 0 Å². The number of amides is 3. The van der Waals surface area contributed by atoms with Crippen LogP contribution in [0.15, 0.2) is 41.3 Å². The highest BCUT2D eigenvalue weighted by atomic mass is 35.5. The number of aromatic hydroxyl groups is 1. The van der Waals surface area contributed by atoms with Gasteiger partial charge in [-0.1, -0.05) is 23.2 Å². The average molecular weight is 441 g/mol. The minimum Gasteiger partial charge on any atom is -0.506 e. The lowest BCUT2D eigenvalue weighted by atomic mass is 10.2. The van der Waals surface area contributed by atoms with E-state index in [0.717, 1.165) is 4.90 Å². The number of imide groups is 1. The summed E-state index contributed by atoms with van der Waals surface area (Å²) in [6.07, 6.45) is 1.27. The Kier molecular flexibility index (Phi) is 5.93. The van der Waals surface area contributed by atoms with Gasteiger partial charge in [-0.3, -0.25) is 19.3 Å². The van der Waals surface area contributed by atoms with Crippen molar-refractivity contribution in [3.63, 3.8) is 0 Å². The molecule has 2 N–H and O–H groups in total. The first-order valence-corrected chi connectivity index (χ1v) is 9.30. The molecule has 0 saturated carbocycles. The largest absolute Gasteiger partial charge is 0.506 e. The minimum absolute atomic E-state index is 0.00310. The zero-order chi connectivity index (χ0) is 20.4. The van der Waals surface area contributed by atoms with E-state index in [0.29, 0.717) is 17.4 Å². The zero-order valence-electron chi connectivity index (χ0n) is 13.9. The number of carbonyl (C=O) groups is 3. The standard InChI is InChI=1S/C18H11Cl2FN2O4S/c19-10-5-9(16(25)13(20)7-10)6-14-17(26)23(18(27)28-14)8-15(24)22-12-3-1-11(21)2-4-12/h1-7,25H,8H2,(H,22,24)/b14-6-. The van der Waals surface area contributed by atoms with Crippen LogP contribution in [0.3, 0.4) is 0 Å². The molecule has 28 heavy (non-hydrogen) atoms. The lowest BCUT2D eigenvalue weighted by molar-refractivity contribution is -0.127. The summed E-state index contributed by atoms with van der Waals surface area (Å²) in [6.45, 7) is -0.512. The third kappa shape index (κ3) is 4.46. The van der Waals surface area contributed by atoms with Gasteiger partial charge in [-0.15, -0.1) is 0 Å². The Balaban J connectivity index is 1.74. The molecule has 6 nitrogen and oxygen atoms in total. The molecule has 1 fully saturated rings. The van der Waals surface area contributed by atoms with Gasteiger partial charge in [0.15, 0.2) is 0 Å². The van der Waals surface area contributed by atoms with Gasteiger partial charge in [0.25, 0.3) is 11.1 Å². The Morgan fingerprint density at radius 3 is 2.57 bits per heavy atom. The van der Waals surface area contributed by atoms with Crippen LogP contribution in [-0.2, 0) is 9.59 Å². The third-order valence-corrected chi connectivity index (χ3v) is 5.06. The number of hydrogen-bond donors (Lipinski definition) is 2. The van der Waals surface area contributed by atoms with E-state index in [1.165, 1.54) is 42.5 Å². The smallest absolute Gasteiger partial charge is 0.294 e. The molecule has 1 heterocycles. The number of nitrogens with one attached hydrogen (secondary N) is 1. The van der Waals surface area contributed by atoms with Crippen molar-refractivity contribution in [2.75, 3.05) is 11.9 Å². The van der Waals surface area contributed by atoms with Crippen molar-refractivity contribution in [1.29, 1.82) is 0 Å². The van der Waals surface area contributed by atoms with Crippen molar-refractivity contribution in [3.05, 3.63) is 62.7 Å². The predicted molar refractivity (Wildman–Crippen MR) is 106 cm³/mol. The second-order valence-electron chi connectivity index (χ2n) is 5.65. The normalized spacial score (nSPS) is 15.4. The van der Waals surface area contributed by atoms with Crippen LogP contribution in [0.2, 0.25) is 10.0 Å². The van der Waals surface area contributed by atoms with Crippen LogP contribution in [0.5, 0.6) is 5.75 Å². The number of carbonyl (C=O) groups excluding carboxylic acids is 3. The molecule has 0 aromatic heterocycles. The van der Waals surface area contributed by atoms with Crippen LogP contribution >= 0.6 is 35.0 Å². The summed E-state index contributed by atoms with van der Waals surface area (Å²) in [5.41, 5.74) is 0.492. The van der Waals surface area contributed by atoms with Crippen molar-refractivity contribution in [2.45, 2.75) is 0 Å². The van der Waals surface area contributed by atoms with E-state index in [1.807, 2.05) is 0 Å². The number of nitrogens with zero attached hydrogens (tertiary/aromatic N) is 1. The monoisotopic (exact) mass is 440 g/mol. The molecule has 1 saturated heterocycles. The van der Waals surface area contributed by atoms with Crippen molar-refractivity contribution < 1.29 is 23.9 Å². The summed E-state index contributed by atoms with van der Waals surface area (Å²) < 4.78 is 12.9. The Bertz CT molecular complexity index is 1010. The molecule has 3 rings (SSSR count). The second kappa shape index (κ2) is 8.22. The van der Waals surface area contributed by atoms with E-state index in [2.05, 4.69) is 5.32 Å². The third-order valence-electron chi connectivity index (χ3n) is 3.65. The molecule has 1 aliphatic rings. The topological polar surface area (TPSA) is 86.7 Å².